The molecule has 0 bridgehead atoms. The minimum absolute atomic E-state index is 0.237. The number of carbonyl (C=O) groups excluding carboxylic acids is 2. The Morgan fingerprint density at radius 1 is 0.686 bits per heavy atom. The molecule has 6 heteroatoms. The van der Waals surface area contributed by atoms with Crippen LogP contribution in [0, 0.1) is 0 Å². The molecule has 0 saturated heterocycles. The molecule has 2 aliphatic heterocycles. The van der Waals surface area contributed by atoms with E-state index in [1.165, 1.54) is 11.1 Å². The third kappa shape index (κ3) is 7.56. The summed E-state index contributed by atoms with van der Waals surface area (Å²) in [6, 6.07) is 16.8. The molecule has 0 saturated carbocycles. The van der Waals surface area contributed by atoms with Crippen LogP contribution in [0.4, 0.5) is 11.4 Å². The number of rotatable bonds is 10. The first-order chi connectivity index (χ1) is 24.7. The molecule has 258 valence electrons. The summed E-state index contributed by atoms with van der Waals surface area (Å²) in [6.45, 7) is 10.4. The van der Waals surface area contributed by atoms with Crippen molar-refractivity contribution in [3.05, 3.63) is 180 Å². The largest absolute Gasteiger partial charge is 0.460 e. The highest BCUT2D eigenvalue weighted by atomic mass is 16.5. The zero-order valence-corrected chi connectivity index (χ0v) is 29.8. The van der Waals surface area contributed by atoms with E-state index in [2.05, 4.69) is 91.8 Å². The monoisotopic (exact) mass is 677 g/mol. The SMILES string of the molecule is CC1(C)C(/C=C/C=C2/N(CCOC(=O)C3=C/C=C\C=C/C=C\3)c3ccccc3C2(C)C)=[N+](CCOC(=O)C2=C/C=C\C=C/C=C\2)c2ccccc21. The molecule has 0 amide bonds. The van der Waals surface area contributed by atoms with Crippen molar-refractivity contribution in [2.75, 3.05) is 31.2 Å². The van der Waals surface area contributed by atoms with Crippen LogP contribution in [0.3, 0.4) is 0 Å². The first kappa shape index (κ1) is 35.1. The maximum Gasteiger partial charge on any atom is 0.338 e. The molecule has 0 fully saturated rings. The van der Waals surface area contributed by atoms with Crippen molar-refractivity contribution < 1.29 is 23.6 Å². The Hall–Kier alpha value is -5.75. The maximum atomic E-state index is 12.9. The summed E-state index contributed by atoms with van der Waals surface area (Å²) in [4.78, 5) is 28.1. The van der Waals surface area contributed by atoms with Gasteiger partial charge in [0, 0.05) is 34.5 Å². The summed E-state index contributed by atoms with van der Waals surface area (Å²) in [7, 11) is 0. The Morgan fingerprint density at radius 3 is 1.94 bits per heavy atom. The van der Waals surface area contributed by atoms with Gasteiger partial charge in [-0.3, -0.25) is 0 Å². The summed E-state index contributed by atoms with van der Waals surface area (Å²) in [5.41, 5.74) is 7.39. The van der Waals surface area contributed by atoms with Gasteiger partial charge in [-0.15, -0.1) is 0 Å². The molecule has 6 rings (SSSR count). The highest BCUT2D eigenvalue weighted by Gasteiger charge is 2.44. The molecule has 0 radical (unpaired) electrons. The number of esters is 2. The number of ether oxygens (including phenoxy) is 2. The van der Waals surface area contributed by atoms with Crippen LogP contribution < -0.4 is 4.90 Å². The van der Waals surface area contributed by atoms with E-state index in [-0.39, 0.29) is 36.0 Å². The minimum atomic E-state index is -0.347. The van der Waals surface area contributed by atoms with Gasteiger partial charge >= 0.3 is 11.9 Å². The first-order valence-electron chi connectivity index (χ1n) is 17.5. The summed E-state index contributed by atoms with van der Waals surface area (Å²) >= 11 is 0. The van der Waals surface area contributed by atoms with Crippen LogP contribution >= 0.6 is 0 Å². The van der Waals surface area contributed by atoms with Crippen LogP contribution in [0.15, 0.2) is 169 Å². The van der Waals surface area contributed by atoms with Gasteiger partial charge in [-0.25, -0.2) is 9.59 Å². The second-order valence-electron chi connectivity index (χ2n) is 13.7. The Balaban J connectivity index is 1.24. The molecule has 0 unspecified atom stereocenters. The third-order valence-electron chi connectivity index (χ3n) is 9.67. The predicted octanol–water partition coefficient (Wildman–Crippen LogP) is 8.60. The number of allylic oxidation sites excluding steroid dienone is 16. The lowest BCUT2D eigenvalue weighted by Crippen LogP contribution is -2.30. The van der Waals surface area contributed by atoms with E-state index in [0.29, 0.717) is 24.2 Å². The van der Waals surface area contributed by atoms with Crippen molar-refractivity contribution in [1.82, 2.24) is 0 Å². The average molecular weight is 678 g/mol. The van der Waals surface area contributed by atoms with Gasteiger partial charge in [0.25, 0.3) is 0 Å². The smallest absolute Gasteiger partial charge is 0.338 e. The van der Waals surface area contributed by atoms with E-state index < -0.39 is 0 Å². The molecule has 0 atom stereocenters. The van der Waals surface area contributed by atoms with Crippen molar-refractivity contribution in [1.29, 1.82) is 0 Å². The van der Waals surface area contributed by atoms with Crippen LogP contribution in [0.5, 0.6) is 0 Å². The quantitative estimate of drug-likeness (QED) is 0.186. The van der Waals surface area contributed by atoms with Gasteiger partial charge in [-0.2, -0.15) is 4.58 Å². The number of fused-ring (bicyclic) bond motifs is 2. The Kier molecular flexibility index (Phi) is 10.6. The van der Waals surface area contributed by atoms with Crippen molar-refractivity contribution in [3.63, 3.8) is 0 Å². The molecule has 4 aliphatic rings. The van der Waals surface area contributed by atoms with Crippen molar-refractivity contribution in [2.45, 2.75) is 38.5 Å². The number of hydrogen-bond acceptors (Lipinski definition) is 5. The van der Waals surface area contributed by atoms with Gasteiger partial charge in [0.1, 0.15) is 6.61 Å². The van der Waals surface area contributed by atoms with E-state index in [1.54, 1.807) is 24.3 Å². The molecule has 2 aromatic rings. The van der Waals surface area contributed by atoms with Gasteiger partial charge in [0.15, 0.2) is 18.9 Å². The minimum Gasteiger partial charge on any atom is -0.460 e. The zero-order valence-electron chi connectivity index (χ0n) is 29.8. The molecule has 2 aromatic carbocycles. The van der Waals surface area contributed by atoms with E-state index in [0.717, 1.165) is 22.8 Å². The number of para-hydroxylation sites is 2. The normalized spacial score (nSPS) is 24.8. The number of carbonyl (C=O) groups is 2. The van der Waals surface area contributed by atoms with Crippen LogP contribution in [0.1, 0.15) is 38.8 Å². The topological polar surface area (TPSA) is 58.9 Å². The number of anilines is 1. The molecular weight excluding hydrogens is 633 g/mol. The molecular formula is C45H45N2O4+. The summed E-state index contributed by atoms with van der Waals surface area (Å²) in [6.07, 6.45) is 32.3. The van der Waals surface area contributed by atoms with Gasteiger partial charge < -0.3 is 14.4 Å². The van der Waals surface area contributed by atoms with E-state index >= 15 is 0 Å². The molecule has 6 nitrogen and oxygen atoms in total. The second-order valence-corrected chi connectivity index (χ2v) is 13.7. The van der Waals surface area contributed by atoms with Crippen LogP contribution in [0.2, 0.25) is 0 Å². The fraction of sp³-hybridized carbons (Fsp3) is 0.222. The number of hydrogen-bond donors (Lipinski definition) is 0. The van der Waals surface area contributed by atoms with E-state index in [4.69, 9.17) is 9.47 Å². The summed E-state index contributed by atoms with van der Waals surface area (Å²) < 4.78 is 13.8. The molecule has 0 aromatic heterocycles. The molecule has 2 aliphatic carbocycles. The summed E-state index contributed by atoms with van der Waals surface area (Å²) in [5, 5.41) is 0. The predicted molar refractivity (Wildman–Crippen MR) is 206 cm³/mol. The van der Waals surface area contributed by atoms with Gasteiger partial charge in [0.2, 0.25) is 5.69 Å². The number of nitrogens with zero attached hydrogens (tertiary/aromatic N) is 2. The maximum absolute atomic E-state index is 12.9. The molecule has 0 spiro atoms. The molecule has 51 heavy (non-hydrogen) atoms. The van der Waals surface area contributed by atoms with Crippen molar-refractivity contribution >= 4 is 29.0 Å². The lowest BCUT2D eigenvalue weighted by atomic mass is 9.81. The molecule has 0 N–H and O–H groups in total. The van der Waals surface area contributed by atoms with E-state index in [1.807, 2.05) is 72.9 Å². The van der Waals surface area contributed by atoms with Gasteiger partial charge in [-0.05, 0) is 55.9 Å². The Bertz CT molecular complexity index is 2040. The zero-order chi connectivity index (χ0) is 35.8. The van der Waals surface area contributed by atoms with Crippen LogP contribution in [-0.2, 0) is 29.9 Å². The second kappa shape index (κ2) is 15.4. The van der Waals surface area contributed by atoms with Crippen molar-refractivity contribution in [3.8, 4) is 0 Å². The Morgan fingerprint density at radius 2 is 1.25 bits per heavy atom. The fourth-order valence-corrected chi connectivity index (χ4v) is 7.03. The summed E-state index contributed by atoms with van der Waals surface area (Å²) in [5.74, 6) is -0.694. The fourth-order valence-electron chi connectivity index (χ4n) is 7.03. The third-order valence-corrected chi connectivity index (χ3v) is 9.67. The van der Waals surface area contributed by atoms with Gasteiger partial charge in [0.05, 0.1) is 23.1 Å². The average Bonchev–Trinajstić information content (AvgIpc) is 3.43. The molecule has 2 heterocycles. The highest BCUT2D eigenvalue weighted by Crippen LogP contribution is 2.47. The number of benzene rings is 2. The van der Waals surface area contributed by atoms with Gasteiger partial charge in [-0.1, -0.05) is 117 Å². The van der Waals surface area contributed by atoms with Crippen molar-refractivity contribution in [2.24, 2.45) is 0 Å². The Labute approximate surface area is 301 Å². The highest BCUT2D eigenvalue weighted by molar-refractivity contribution is 6.03. The lowest BCUT2D eigenvalue weighted by molar-refractivity contribution is -0.440. The first-order valence-corrected chi connectivity index (χ1v) is 17.5. The van der Waals surface area contributed by atoms with Crippen LogP contribution in [-0.4, -0.2) is 48.5 Å². The standard InChI is InChI=1S/C45H45N2O4/c1-44(2)36-24-15-17-26-38(36)46(30-32-50-42(48)34-20-11-7-5-8-12-21-34)40(44)28-19-29-41-45(3,4)37-25-16-18-27-39(37)47(41)31-33-51-43(49)35-22-13-9-6-10-14-23-35/h5-29H,30-33H2,1-4H3/q+1/b7-5-,8-5?,9-6-,10-6?,11-7?,12-8-,13-9?,14-10-,20-11-,21-12?,22-13-,23-14?,34-20?,34-21+,35-22?,35-23+. The van der Waals surface area contributed by atoms with Crippen LogP contribution in [0.25, 0.3) is 0 Å². The lowest BCUT2D eigenvalue weighted by Gasteiger charge is -2.27. The van der Waals surface area contributed by atoms with E-state index in [9.17, 15) is 9.59 Å².